The first-order chi connectivity index (χ1) is 12.6. The van der Waals surface area contributed by atoms with E-state index >= 15 is 0 Å². The van der Waals surface area contributed by atoms with E-state index in [1.165, 1.54) is 24.7 Å². The molecule has 1 aromatic carbocycles. The topological polar surface area (TPSA) is 74.6 Å². The summed E-state index contributed by atoms with van der Waals surface area (Å²) < 4.78 is 4.98. The van der Waals surface area contributed by atoms with Crippen LogP contribution >= 0.6 is 0 Å². The number of anilines is 1. The van der Waals surface area contributed by atoms with Gasteiger partial charge in [-0.1, -0.05) is 19.1 Å². The Balaban J connectivity index is 1.44. The summed E-state index contributed by atoms with van der Waals surface area (Å²) >= 11 is 0. The maximum atomic E-state index is 12.0. The fourth-order valence-corrected chi connectivity index (χ4v) is 3.24. The molecular formula is C20H25N3O3. The molecule has 0 aliphatic carbocycles. The molecule has 2 N–H and O–H groups in total. The van der Waals surface area contributed by atoms with Gasteiger partial charge in [-0.15, -0.1) is 0 Å². The van der Waals surface area contributed by atoms with Gasteiger partial charge in [-0.3, -0.25) is 14.5 Å². The summed E-state index contributed by atoms with van der Waals surface area (Å²) in [4.78, 5) is 26.2. The number of carbonyl (C=O) groups is 2. The lowest BCUT2D eigenvalue weighted by Crippen LogP contribution is -2.33. The minimum atomic E-state index is -0.406. The summed E-state index contributed by atoms with van der Waals surface area (Å²) in [5, 5.41) is 5.31. The van der Waals surface area contributed by atoms with Gasteiger partial charge in [0.2, 0.25) is 5.91 Å². The molecule has 1 atom stereocenters. The number of amides is 2. The van der Waals surface area contributed by atoms with E-state index in [1.807, 2.05) is 24.3 Å². The highest BCUT2D eigenvalue weighted by Gasteiger charge is 2.16. The molecule has 2 aromatic rings. The first-order valence-electron chi connectivity index (χ1n) is 9.03. The lowest BCUT2D eigenvalue weighted by molar-refractivity contribution is -0.115. The lowest BCUT2D eigenvalue weighted by atomic mass is 10.00. The van der Waals surface area contributed by atoms with E-state index in [2.05, 4.69) is 22.5 Å². The third-order valence-electron chi connectivity index (χ3n) is 4.54. The van der Waals surface area contributed by atoms with Crippen LogP contribution in [0.4, 0.5) is 5.69 Å². The minimum Gasteiger partial charge on any atom is -0.459 e. The Morgan fingerprint density at radius 2 is 2.04 bits per heavy atom. The summed E-state index contributed by atoms with van der Waals surface area (Å²) in [6.07, 6.45) is 4.00. The van der Waals surface area contributed by atoms with Gasteiger partial charge in [-0.2, -0.15) is 0 Å². The SMILES string of the molecule is C[C@@H]1CCCN(Cc2ccc(NC(=O)CNC(=O)c3ccco3)cc2)C1. The zero-order valence-corrected chi connectivity index (χ0v) is 15.0. The smallest absolute Gasteiger partial charge is 0.287 e. The molecule has 0 unspecified atom stereocenters. The number of nitrogens with one attached hydrogen (secondary N) is 2. The number of likely N-dealkylation sites (tertiary alicyclic amines) is 1. The molecule has 0 spiro atoms. The molecule has 2 amide bonds. The highest BCUT2D eigenvalue weighted by molar-refractivity contribution is 5.97. The second-order valence-corrected chi connectivity index (χ2v) is 6.89. The van der Waals surface area contributed by atoms with E-state index in [9.17, 15) is 9.59 Å². The Morgan fingerprint density at radius 3 is 2.73 bits per heavy atom. The number of hydrogen-bond donors (Lipinski definition) is 2. The third-order valence-corrected chi connectivity index (χ3v) is 4.54. The van der Waals surface area contributed by atoms with Gasteiger partial charge in [0.15, 0.2) is 5.76 Å². The Morgan fingerprint density at radius 1 is 1.23 bits per heavy atom. The van der Waals surface area contributed by atoms with Crippen molar-refractivity contribution in [2.24, 2.45) is 5.92 Å². The van der Waals surface area contributed by atoms with Crippen molar-refractivity contribution >= 4 is 17.5 Å². The van der Waals surface area contributed by atoms with Crippen LogP contribution in [0.5, 0.6) is 0 Å². The third kappa shape index (κ3) is 5.20. The van der Waals surface area contributed by atoms with Crippen LogP contribution in [-0.2, 0) is 11.3 Å². The lowest BCUT2D eigenvalue weighted by Gasteiger charge is -2.30. The highest BCUT2D eigenvalue weighted by atomic mass is 16.3. The first kappa shape index (κ1) is 18.2. The number of rotatable bonds is 6. The van der Waals surface area contributed by atoms with Crippen LogP contribution < -0.4 is 10.6 Å². The zero-order chi connectivity index (χ0) is 18.4. The van der Waals surface area contributed by atoms with E-state index < -0.39 is 5.91 Å². The molecule has 0 radical (unpaired) electrons. The first-order valence-corrected chi connectivity index (χ1v) is 9.03. The van der Waals surface area contributed by atoms with Crippen molar-refractivity contribution in [3.63, 3.8) is 0 Å². The number of benzene rings is 1. The number of carbonyl (C=O) groups excluding carboxylic acids is 2. The Bertz CT molecular complexity index is 725. The maximum Gasteiger partial charge on any atom is 0.287 e. The van der Waals surface area contributed by atoms with Gasteiger partial charge in [0, 0.05) is 18.8 Å². The van der Waals surface area contributed by atoms with Gasteiger partial charge < -0.3 is 15.1 Å². The molecule has 0 bridgehead atoms. The number of furan rings is 1. The predicted molar refractivity (Wildman–Crippen MR) is 99.8 cm³/mol. The Hall–Kier alpha value is -2.60. The fraction of sp³-hybridized carbons (Fsp3) is 0.400. The summed E-state index contributed by atoms with van der Waals surface area (Å²) in [6.45, 7) is 5.44. The standard InChI is InChI=1S/C20H25N3O3/c1-15-4-2-10-23(13-15)14-16-6-8-17(9-7-16)22-19(24)12-21-20(25)18-5-3-11-26-18/h3,5-9,11,15H,2,4,10,12-14H2,1H3,(H,21,25)(H,22,24)/t15-/m1/s1. The molecule has 6 heteroatoms. The van der Waals surface area contributed by atoms with Crippen molar-refractivity contribution in [1.82, 2.24) is 10.2 Å². The molecule has 1 aliphatic heterocycles. The zero-order valence-electron chi connectivity index (χ0n) is 15.0. The van der Waals surface area contributed by atoms with Crippen LogP contribution in [0.15, 0.2) is 47.1 Å². The second-order valence-electron chi connectivity index (χ2n) is 6.89. The monoisotopic (exact) mass is 355 g/mol. The van der Waals surface area contributed by atoms with Gasteiger partial charge in [-0.25, -0.2) is 0 Å². The van der Waals surface area contributed by atoms with Crippen LogP contribution in [-0.4, -0.2) is 36.3 Å². The summed E-state index contributed by atoms with van der Waals surface area (Å²) in [7, 11) is 0. The molecule has 138 valence electrons. The molecule has 26 heavy (non-hydrogen) atoms. The van der Waals surface area contributed by atoms with Gasteiger partial charge in [0.25, 0.3) is 5.91 Å². The Kier molecular flexibility index (Phi) is 6.07. The van der Waals surface area contributed by atoms with Gasteiger partial charge in [0.1, 0.15) is 0 Å². The second kappa shape index (κ2) is 8.67. The number of nitrogens with zero attached hydrogens (tertiary/aromatic N) is 1. The van der Waals surface area contributed by atoms with E-state index in [-0.39, 0.29) is 18.2 Å². The van der Waals surface area contributed by atoms with Crippen LogP contribution in [0.1, 0.15) is 35.9 Å². The molecule has 2 heterocycles. The summed E-state index contributed by atoms with van der Waals surface area (Å²) in [6, 6.07) is 11.0. The van der Waals surface area contributed by atoms with E-state index in [0.29, 0.717) is 0 Å². The van der Waals surface area contributed by atoms with Gasteiger partial charge in [0.05, 0.1) is 12.8 Å². The molecule has 1 saturated heterocycles. The van der Waals surface area contributed by atoms with Crippen molar-refractivity contribution in [3.05, 3.63) is 54.0 Å². The van der Waals surface area contributed by atoms with E-state index in [0.717, 1.165) is 31.2 Å². The minimum absolute atomic E-state index is 0.104. The molecular weight excluding hydrogens is 330 g/mol. The van der Waals surface area contributed by atoms with E-state index in [1.54, 1.807) is 12.1 Å². The Labute approximate surface area is 153 Å². The number of hydrogen-bond acceptors (Lipinski definition) is 4. The molecule has 0 saturated carbocycles. The summed E-state index contributed by atoms with van der Waals surface area (Å²) in [5.74, 6) is 0.270. The molecule has 1 aromatic heterocycles. The van der Waals surface area contributed by atoms with Gasteiger partial charge in [-0.05, 0) is 55.1 Å². The normalized spacial score (nSPS) is 17.7. The quantitative estimate of drug-likeness (QED) is 0.836. The molecule has 1 fully saturated rings. The molecule has 6 nitrogen and oxygen atoms in total. The average molecular weight is 355 g/mol. The van der Waals surface area contributed by atoms with Crippen molar-refractivity contribution in [2.45, 2.75) is 26.3 Å². The van der Waals surface area contributed by atoms with Crippen molar-refractivity contribution in [3.8, 4) is 0 Å². The van der Waals surface area contributed by atoms with Crippen LogP contribution in [0.25, 0.3) is 0 Å². The fourth-order valence-electron chi connectivity index (χ4n) is 3.24. The van der Waals surface area contributed by atoms with Crippen molar-refractivity contribution in [2.75, 3.05) is 25.0 Å². The average Bonchev–Trinajstić information content (AvgIpc) is 3.16. The van der Waals surface area contributed by atoms with Crippen LogP contribution in [0.2, 0.25) is 0 Å². The number of piperidine rings is 1. The van der Waals surface area contributed by atoms with Crippen molar-refractivity contribution in [1.29, 1.82) is 0 Å². The van der Waals surface area contributed by atoms with Crippen LogP contribution in [0.3, 0.4) is 0 Å². The highest BCUT2D eigenvalue weighted by Crippen LogP contribution is 2.18. The van der Waals surface area contributed by atoms with Crippen LogP contribution in [0, 0.1) is 5.92 Å². The largest absolute Gasteiger partial charge is 0.459 e. The van der Waals surface area contributed by atoms with Crippen molar-refractivity contribution < 1.29 is 14.0 Å². The van der Waals surface area contributed by atoms with Gasteiger partial charge >= 0.3 is 0 Å². The summed E-state index contributed by atoms with van der Waals surface area (Å²) in [5.41, 5.74) is 1.96. The molecule has 1 aliphatic rings. The molecule has 3 rings (SSSR count). The van der Waals surface area contributed by atoms with E-state index in [4.69, 9.17) is 4.42 Å². The predicted octanol–water partition coefficient (Wildman–Crippen LogP) is 2.88. The maximum absolute atomic E-state index is 12.0.